The molecule has 1 amide bonds. The maximum Gasteiger partial charge on any atom is 0.339 e. The number of hydrogen-bond donors (Lipinski definition) is 2. The van der Waals surface area contributed by atoms with Gasteiger partial charge in [0.1, 0.15) is 16.9 Å². The summed E-state index contributed by atoms with van der Waals surface area (Å²) in [6.45, 7) is 6.17. The second-order valence-corrected chi connectivity index (χ2v) is 11.1. The summed E-state index contributed by atoms with van der Waals surface area (Å²) in [5.41, 5.74) is 10.4. The number of carbonyl (C=O) groups excluding carboxylic acids is 2. The minimum atomic E-state index is -0.618. The van der Waals surface area contributed by atoms with E-state index in [0.717, 1.165) is 32.3 Å². The number of hydrogen-bond acceptors (Lipinski definition) is 8. The topological polar surface area (TPSA) is 124 Å². The van der Waals surface area contributed by atoms with E-state index in [-0.39, 0.29) is 24.4 Å². The molecule has 9 nitrogen and oxygen atoms in total. The molecule has 1 aliphatic heterocycles. The molecule has 1 atom stereocenters. The summed E-state index contributed by atoms with van der Waals surface area (Å²) in [5.74, 6) is 6.09. The van der Waals surface area contributed by atoms with Gasteiger partial charge in [0.15, 0.2) is 5.82 Å². The average molecular weight is 587 g/mol. The van der Waals surface area contributed by atoms with Gasteiger partial charge in [-0.05, 0) is 56.7 Å². The molecule has 41 heavy (non-hydrogen) atoms. The van der Waals surface area contributed by atoms with Crippen LogP contribution in [-0.2, 0) is 9.53 Å². The van der Waals surface area contributed by atoms with Crippen LogP contribution < -0.4 is 11.1 Å². The molecule has 3 N–H and O–H groups in total. The summed E-state index contributed by atoms with van der Waals surface area (Å²) in [6, 6.07) is 11.7. The molecule has 0 radical (unpaired) electrons. The van der Waals surface area contributed by atoms with E-state index in [2.05, 4.69) is 41.2 Å². The van der Waals surface area contributed by atoms with E-state index < -0.39 is 12.0 Å². The molecule has 11 heteroatoms. The van der Waals surface area contributed by atoms with Crippen molar-refractivity contribution in [1.29, 1.82) is 0 Å². The van der Waals surface area contributed by atoms with Gasteiger partial charge in [-0.1, -0.05) is 35.6 Å². The number of amides is 1. The number of carbonyl (C=O) groups is 2. The van der Waals surface area contributed by atoms with Crippen LogP contribution in [0.5, 0.6) is 0 Å². The van der Waals surface area contributed by atoms with E-state index >= 15 is 0 Å². The number of nitrogens with zero attached hydrogens (tertiary/aromatic N) is 4. The van der Waals surface area contributed by atoms with E-state index in [1.54, 1.807) is 29.5 Å². The zero-order chi connectivity index (χ0) is 29.3. The van der Waals surface area contributed by atoms with Gasteiger partial charge >= 0.3 is 5.97 Å². The van der Waals surface area contributed by atoms with Crippen LogP contribution in [0.4, 0.5) is 5.69 Å². The standard InChI is InChI=1S/C30H27ClN6O3S/c1-16-17(2)41-29-26(16)27(19-7-9-21(31)10-8-19)34-24(28-36-35-18(3)37(28)29)15-25(38)33-22-11-12-23(30(39)40-4)20(14-22)6-5-13-32/h7-12,14,24H,13,15,32H2,1-4H3,(H,33,38)/t24-/m0/s1. The first-order valence-electron chi connectivity index (χ1n) is 12.8. The Kier molecular flexibility index (Phi) is 8.03. The third-order valence-corrected chi connectivity index (χ3v) is 8.21. The number of aromatic nitrogens is 3. The molecule has 0 spiro atoms. The number of thiophene rings is 1. The summed E-state index contributed by atoms with van der Waals surface area (Å²) < 4.78 is 6.85. The summed E-state index contributed by atoms with van der Waals surface area (Å²) in [6.07, 6.45) is 0.00472. The number of nitrogens with two attached hydrogens (primary N) is 1. The summed E-state index contributed by atoms with van der Waals surface area (Å²) in [5, 5.41) is 13.3. The predicted molar refractivity (Wildman–Crippen MR) is 160 cm³/mol. The van der Waals surface area contributed by atoms with Crippen LogP contribution in [0.1, 0.15) is 61.6 Å². The quantitative estimate of drug-likeness (QED) is 0.252. The second kappa shape index (κ2) is 11.7. The first-order chi connectivity index (χ1) is 19.7. The molecule has 2 aromatic heterocycles. The highest BCUT2D eigenvalue weighted by Gasteiger charge is 2.32. The van der Waals surface area contributed by atoms with Crippen molar-refractivity contribution in [3.8, 4) is 16.8 Å². The maximum atomic E-state index is 13.4. The number of anilines is 1. The number of ether oxygens (including phenoxy) is 1. The van der Waals surface area contributed by atoms with Crippen molar-refractivity contribution in [3.05, 3.63) is 91.8 Å². The number of aliphatic imine (C=N–C) groups is 1. The largest absolute Gasteiger partial charge is 0.465 e. The van der Waals surface area contributed by atoms with Crippen LogP contribution >= 0.6 is 22.9 Å². The van der Waals surface area contributed by atoms with Crippen LogP contribution in [0, 0.1) is 32.6 Å². The zero-order valence-electron chi connectivity index (χ0n) is 22.9. The van der Waals surface area contributed by atoms with Gasteiger partial charge in [-0.2, -0.15) is 0 Å². The van der Waals surface area contributed by atoms with Crippen molar-refractivity contribution in [2.24, 2.45) is 10.7 Å². The summed E-state index contributed by atoms with van der Waals surface area (Å²) >= 11 is 7.84. The lowest BCUT2D eigenvalue weighted by atomic mass is 9.99. The number of nitrogens with one attached hydrogen (secondary N) is 1. The van der Waals surface area contributed by atoms with Gasteiger partial charge in [-0.25, -0.2) is 4.79 Å². The van der Waals surface area contributed by atoms with E-state index in [1.165, 1.54) is 7.11 Å². The van der Waals surface area contributed by atoms with Crippen LogP contribution in [0.15, 0.2) is 47.5 Å². The van der Waals surface area contributed by atoms with Crippen LogP contribution in [-0.4, -0.2) is 46.0 Å². The Morgan fingerprint density at radius 2 is 1.90 bits per heavy atom. The first-order valence-corrected chi connectivity index (χ1v) is 14.0. The fourth-order valence-electron chi connectivity index (χ4n) is 4.68. The fraction of sp³-hybridized carbons (Fsp3) is 0.233. The summed E-state index contributed by atoms with van der Waals surface area (Å²) in [4.78, 5) is 31.9. The van der Waals surface area contributed by atoms with Crippen molar-refractivity contribution >= 4 is 46.2 Å². The summed E-state index contributed by atoms with van der Waals surface area (Å²) in [7, 11) is 1.30. The van der Waals surface area contributed by atoms with Gasteiger partial charge < -0.3 is 15.8 Å². The highest BCUT2D eigenvalue weighted by atomic mass is 35.5. The smallest absolute Gasteiger partial charge is 0.339 e. The van der Waals surface area contributed by atoms with Crippen molar-refractivity contribution in [3.63, 3.8) is 0 Å². The Balaban J connectivity index is 1.54. The molecule has 0 saturated carbocycles. The second-order valence-electron chi connectivity index (χ2n) is 9.41. The highest BCUT2D eigenvalue weighted by molar-refractivity contribution is 7.15. The number of aryl methyl sites for hydroxylation is 2. The molecule has 2 aromatic carbocycles. The zero-order valence-corrected chi connectivity index (χ0v) is 24.5. The van der Waals surface area contributed by atoms with E-state index in [0.29, 0.717) is 27.9 Å². The van der Waals surface area contributed by atoms with Crippen molar-refractivity contribution < 1.29 is 14.3 Å². The number of esters is 1. The fourth-order valence-corrected chi connectivity index (χ4v) is 6.02. The average Bonchev–Trinajstić information content (AvgIpc) is 3.44. The molecule has 1 aliphatic rings. The lowest BCUT2D eigenvalue weighted by Crippen LogP contribution is -2.17. The van der Waals surface area contributed by atoms with Gasteiger partial charge in [-0.15, -0.1) is 21.5 Å². The number of benzene rings is 2. The Hall–Kier alpha value is -4.30. The lowest BCUT2D eigenvalue weighted by Gasteiger charge is -2.14. The van der Waals surface area contributed by atoms with E-state index in [1.807, 2.05) is 35.8 Å². The third-order valence-electron chi connectivity index (χ3n) is 6.77. The molecular formula is C30H27ClN6O3S. The van der Waals surface area contributed by atoms with Crippen LogP contribution in [0.3, 0.4) is 0 Å². The molecule has 0 aliphatic carbocycles. The van der Waals surface area contributed by atoms with Gasteiger partial charge in [0, 0.05) is 32.3 Å². The molecule has 0 unspecified atom stereocenters. The SMILES string of the molecule is COC(=O)c1ccc(NC(=O)C[C@@H]2N=C(c3ccc(Cl)cc3)c3c(sc(C)c3C)-n3c(C)nnc32)cc1C#CCN. The molecule has 4 aromatic rings. The van der Waals surface area contributed by atoms with Gasteiger partial charge in [-0.3, -0.25) is 14.4 Å². The Morgan fingerprint density at radius 1 is 1.15 bits per heavy atom. The van der Waals surface area contributed by atoms with Gasteiger partial charge in [0.2, 0.25) is 5.91 Å². The first kappa shape index (κ1) is 28.2. The van der Waals surface area contributed by atoms with E-state index in [9.17, 15) is 9.59 Å². The molecular weight excluding hydrogens is 560 g/mol. The normalized spacial score (nSPS) is 13.7. The van der Waals surface area contributed by atoms with Crippen LogP contribution in [0.25, 0.3) is 5.00 Å². The highest BCUT2D eigenvalue weighted by Crippen LogP contribution is 2.39. The van der Waals surface area contributed by atoms with Crippen molar-refractivity contribution in [1.82, 2.24) is 14.8 Å². The van der Waals surface area contributed by atoms with E-state index in [4.69, 9.17) is 27.1 Å². The lowest BCUT2D eigenvalue weighted by molar-refractivity contribution is -0.116. The number of fused-ring (bicyclic) bond motifs is 3. The molecule has 0 fully saturated rings. The minimum absolute atomic E-state index is 0.00472. The maximum absolute atomic E-state index is 13.4. The van der Waals surface area contributed by atoms with Gasteiger partial charge in [0.05, 0.1) is 31.4 Å². The minimum Gasteiger partial charge on any atom is -0.465 e. The van der Waals surface area contributed by atoms with Crippen molar-refractivity contribution in [2.75, 3.05) is 19.0 Å². The number of halogens is 1. The molecule has 0 saturated heterocycles. The molecule has 3 heterocycles. The monoisotopic (exact) mass is 586 g/mol. The Labute approximate surface area is 246 Å². The predicted octanol–water partition coefficient (Wildman–Crippen LogP) is 4.93. The Morgan fingerprint density at radius 3 is 2.61 bits per heavy atom. The molecule has 5 rings (SSSR count). The van der Waals surface area contributed by atoms with Crippen molar-refractivity contribution in [2.45, 2.75) is 33.2 Å². The third kappa shape index (κ3) is 5.52. The number of rotatable bonds is 5. The van der Waals surface area contributed by atoms with Gasteiger partial charge in [0.25, 0.3) is 0 Å². The molecule has 0 bridgehead atoms. The molecule has 208 valence electrons. The Bertz CT molecular complexity index is 1760. The number of methoxy groups -OCH3 is 1. The van der Waals surface area contributed by atoms with Crippen LogP contribution in [0.2, 0.25) is 5.02 Å².